The van der Waals surface area contributed by atoms with Crippen molar-refractivity contribution in [3.63, 3.8) is 0 Å². The zero-order valence-electron chi connectivity index (χ0n) is 8.54. The van der Waals surface area contributed by atoms with Gasteiger partial charge in [0, 0.05) is 36.9 Å². The summed E-state index contributed by atoms with van der Waals surface area (Å²) in [6.45, 7) is 0. The van der Waals surface area contributed by atoms with E-state index in [9.17, 15) is 4.79 Å². The number of nitrogens with one attached hydrogen (secondary N) is 1. The molecule has 0 aliphatic heterocycles. The predicted octanol–water partition coefficient (Wildman–Crippen LogP) is 2.20. The third-order valence-corrected chi connectivity index (χ3v) is 3.14. The van der Waals surface area contributed by atoms with Crippen molar-refractivity contribution in [1.82, 2.24) is 4.98 Å². The predicted molar refractivity (Wildman–Crippen MR) is 71.6 cm³/mol. The van der Waals surface area contributed by atoms with Gasteiger partial charge in [-0.25, -0.2) is 0 Å². The monoisotopic (exact) mass is 314 g/mol. The highest BCUT2D eigenvalue weighted by Gasteiger charge is 2.04. The molecule has 2 rings (SSSR count). The molecule has 0 atom stereocenters. The molecule has 0 radical (unpaired) electrons. The number of aromatic amines is 1. The maximum absolute atomic E-state index is 11.9. The molecule has 1 N–H and O–H groups in total. The summed E-state index contributed by atoms with van der Waals surface area (Å²) in [5.74, 6) is 0. The first-order valence-electron chi connectivity index (χ1n) is 4.58. The van der Waals surface area contributed by atoms with Crippen LogP contribution >= 0.6 is 22.6 Å². The molecule has 3 nitrogen and oxygen atoms in total. The SMILES string of the molecule is CN(C)c1ccc2[nH]cc(I)c(=O)c2c1. The van der Waals surface area contributed by atoms with Gasteiger partial charge in [-0.1, -0.05) is 0 Å². The fraction of sp³-hybridized carbons (Fsp3) is 0.182. The van der Waals surface area contributed by atoms with E-state index in [2.05, 4.69) is 4.98 Å². The van der Waals surface area contributed by atoms with Crippen molar-refractivity contribution in [2.24, 2.45) is 0 Å². The van der Waals surface area contributed by atoms with E-state index in [0.717, 1.165) is 20.2 Å². The van der Waals surface area contributed by atoms with Crippen LogP contribution in [0.4, 0.5) is 5.69 Å². The van der Waals surface area contributed by atoms with Crippen molar-refractivity contribution in [3.05, 3.63) is 38.2 Å². The Morgan fingerprint density at radius 2 is 2.07 bits per heavy atom. The lowest BCUT2D eigenvalue weighted by atomic mass is 10.2. The number of nitrogens with zero attached hydrogens (tertiary/aromatic N) is 1. The van der Waals surface area contributed by atoms with Crippen molar-refractivity contribution >= 4 is 39.2 Å². The highest BCUT2D eigenvalue weighted by Crippen LogP contribution is 2.17. The number of hydrogen-bond acceptors (Lipinski definition) is 2. The lowest BCUT2D eigenvalue weighted by molar-refractivity contribution is 1.13. The summed E-state index contributed by atoms with van der Waals surface area (Å²) in [6.07, 6.45) is 1.74. The zero-order chi connectivity index (χ0) is 11.0. The number of benzene rings is 1. The number of H-pyrrole nitrogens is 1. The molecule has 15 heavy (non-hydrogen) atoms. The van der Waals surface area contributed by atoms with Gasteiger partial charge in [-0.2, -0.15) is 0 Å². The molecule has 78 valence electrons. The number of fused-ring (bicyclic) bond motifs is 1. The van der Waals surface area contributed by atoms with Crippen LogP contribution in [0.5, 0.6) is 0 Å². The van der Waals surface area contributed by atoms with Crippen LogP contribution in [-0.4, -0.2) is 19.1 Å². The lowest BCUT2D eigenvalue weighted by Gasteiger charge is -2.12. The van der Waals surface area contributed by atoms with Crippen LogP contribution in [-0.2, 0) is 0 Å². The van der Waals surface area contributed by atoms with Gasteiger partial charge in [0.05, 0.1) is 3.57 Å². The smallest absolute Gasteiger partial charge is 0.202 e. The van der Waals surface area contributed by atoms with Crippen LogP contribution in [0, 0.1) is 3.57 Å². The van der Waals surface area contributed by atoms with Crippen molar-refractivity contribution in [2.45, 2.75) is 0 Å². The second kappa shape index (κ2) is 3.84. The molecule has 0 saturated carbocycles. The third kappa shape index (κ3) is 1.86. The van der Waals surface area contributed by atoms with Crippen LogP contribution in [0.2, 0.25) is 0 Å². The summed E-state index contributed by atoms with van der Waals surface area (Å²) in [4.78, 5) is 16.9. The number of hydrogen-bond donors (Lipinski definition) is 1. The van der Waals surface area contributed by atoms with Gasteiger partial charge < -0.3 is 9.88 Å². The molecule has 0 bridgehead atoms. The lowest BCUT2D eigenvalue weighted by Crippen LogP contribution is -2.11. The minimum absolute atomic E-state index is 0.0908. The molecule has 4 heteroatoms. The van der Waals surface area contributed by atoms with Gasteiger partial charge in [0.15, 0.2) is 0 Å². The van der Waals surface area contributed by atoms with Crippen LogP contribution in [0.15, 0.2) is 29.2 Å². The van der Waals surface area contributed by atoms with Crippen molar-refractivity contribution < 1.29 is 0 Å². The van der Waals surface area contributed by atoms with E-state index in [4.69, 9.17) is 0 Å². The summed E-state index contributed by atoms with van der Waals surface area (Å²) in [5, 5.41) is 0.744. The molecule has 0 fully saturated rings. The van der Waals surface area contributed by atoms with E-state index in [-0.39, 0.29) is 5.43 Å². The molecule has 0 unspecified atom stereocenters. The van der Waals surface area contributed by atoms with Gasteiger partial charge in [-0.05, 0) is 40.8 Å². The normalized spacial score (nSPS) is 10.6. The Morgan fingerprint density at radius 1 is 1.33 bits per heavy atom. The summed E-state index contributed by atoms with van der Waals surface area (Å²) >= 11 is 2.04. The fourth-order valence-electron chi connectivity index (χ4n) is 1.46. The summed E-state index contributed by atoms with van der Waals surface area (Å²) in [7, 11) is 3.92. The minimum atomic E-state index is 0.0908. The van der Waals surface area contributed by atoms with Crippen molar-refractivity contribution in [2.75, 3.05) is 19.0 Å². The maximum Gasteiger partial charge on any atom is 0.202 e. The molecular formula is C11H11IN2O. The number of aromatic nitrogens is 1. The molecule has 1 aromatic carbocycles. The number of rotatable bonds is 1. The van der Waals surface area contributed by atoms with Crippen molar-refractivity contribution in [3.8, 4) is 0 Å². The van der Waals surface area contributed by atoms with E-state index < -0.39 is 0 Å². The first kappa shape index (κ1) is 10.5. The number of pyridine rings is 1. The highest BCUT2D eigenvalue weighted by molar-refractivity contribution is 14.1. The summed E-state index contributed by atoms with van der Waals surface area (Å²) in [6, 6.07) is 5.84. The van der Waals surface area contributed by atoms with Crippen LogP contribution < -0.4 is 10.3 Å². The Morgan fingerprint density at radius 3 is 2.73 bits per heavy atom. The Labute approximate surface area is 101 Å². The minimum Gasteiger partial charge on any atom is -0.378 e. The topological polar surface area (TPSA) is 36.1 Å². The fourth-order valence-corrected chi connectivity index (χ4v) is 1.91. The Kier molecular flexibility index (Phi) is 2.68. The molecule has 1 aromatic heterocycles. The Balaban J connectivity index is 2.80. The van der Waals surface area contributed by atoms with Gasteiger partial charge in [-0.3, -0.25) is 4.79 Å². The summed E-state index contributed by atoms with van der Waals surface area (Å²) < 4.78 is 0.719. The van der Waals surface area contributed by atoms with E-state index in [1.165, 1.54) is 0 Å². The van der Waals surface area contributed by atoms with Crippen LogP contribution in [0.1, 0.15) is 0 Å². The van der Waals surface area contributed by atoms with Gasteiger partial charge in [0.25, 0.3) is 0 Å². The first-order chi connectivity index (χ1) is 7.09. The molecule has 0 saturated heterocycles. The largest absolute Gasteiger partial charge is 0.378 e. The molecule has 0 spiro atoms. The Bertz CT molecular complexity index is 560. The van der Waals surface area contributed by atoms with E-state index >= 15 is 0 Å². The number of anilines is 1. The highest BCUT2D eigenvalue weighted by atomic mass is 127. The van der Waals surface area contributed by atoms with Crippen LogP contribution in [0.3, 0.4) is 0 Å². The molecule has 0 aliphatic carbocycles. The van der Waals surface area contributed by atoms with Crippen LogP contribution in [0.25, 0.3) is 10.9 Å². The molecule has 0 aliphatic rings. The maximum atomic E-state index is 11.9. The van der Waals surface area contributed by atoms with Gasteiger partial charge in [0.2, 0.25) is 5.43 Å². The molecular weight excluding hydrogens is 303 g/mol. The van der Waals surface area contributed by atoms with Gasteiger partial charge in [-0.15, -0.1) is 0 Å². The molecule has 2 aromatic rings. The van der Waals surface area contributed by atoms with E-state index in [0.29, 0.717) is 0 Å². The quantitative estimate of drug-likeness (QED) is 0.819. The van der Waals surface area contributed by atoms with E-state index in [1.54, 1.807) is 6.20 Å². The second-order valence-corrected chi connectivity index (χ2v) is 4.75. The third-order valence-electron chi connectivity index (χ3n) is 2.34. The standard InChI is InChI=1S/C11H11IN2O/c1-14(2)7-3-4-10-8(5-7)11(15)9(12)6-13-10/h3-6H,1-2H3,(H,13,15). The first-order valence-corrected chi connectivity index (χ1v) is 5.66. The van der Waals surface area contributed by atoms with Crippen molar-refractivity contribution in [1.29, 1.82) is 0 Å². The number of halogens is 1. The summed E-state index contributed by atoms with van der Waals surface area (Å²) in [5.41, 5.74) is 2.01. The van der Waals surface area contributed by atoms with E-state index in [1.807, 2.05) is 59.8 Å². The van der Waals surface area contributed by atoms with Gasteiger partial charge in [0.1, 0.15) is 0 Å². The Hall–Kier alpha value is -1.04. The average molecular weight is 314 g/mol. The molecule has 0 amide bonds. The second-order valence-electron chi connectivity index (χ2n) is 3.59. The molecule has 1 heterocycles. The average Bonchev–Trinajstić information content (AvgIpc) is 2.23. The van der Waals surface area contributed by atoms with Gasteiger partial charge >= 0.3 is 0 Å². The zero-order valence-corrected chi connectivity index (χ0v) is 10.7.